The second-order valence-electron chi connectivity index (χ2n) is 4.28. The Morgan fingerprint density at radius 3 is 2.75 bits per heavy atom. The van der Waals surface area contributed by atoms with Gasteiger partial charge in [0.25, 0.3) is 0 Å². The van der Waals surface area contributed by atoms with Gasteiger partial charge in [-0.15, -0.1) is 0 Å². The van der Waals surface area contributed by atoms with Crippen LogP contribution in [0.1, 0.15) is 31.7 Å². The summed E-state index contributed by atoms with van der Waals surface area (Å²) in [5.41, 5.74) is 1.22. The van der Waals surface area contributed by atoms with Gasteiger partial charge in [0.1, 0.15) is 5.75 Å². The molecule has 0 radical (unpaired) electrons. The Morgan fingerprint density at radius 1 is 1.40 bits per heavy atom. The molecule has 1 aromatic rings. The molecule has 0 saturated carbocycles. The lowest BCUT2D eigenvalue weighted by molar-refractivity contribution is -0.131. The third kappa shape index (κ3) is 5.14. The smallest absolute Gasteiger partial charge is 0.328 e. The number of carboxylic acid groups (broad SMARTS) is 1. The number of rotatable bonds is 7. The van der Waals surface area contributed by atoms with Gasteiger partial charge >= 0.3 is 5.97 Å². The highest BCUT2D eigenvalue weighted by molar-refractivity contribution is 5.93. The van der Waals surface area contributed by atoms with Crippen LogP contribution in [0.3, 0.4) is 0 Å². The van der Waals surface area contributed by atoms with Crippen LogP contribution in [0.25, 0.3) is 6.08 Å². The summed E-state index contributed by atoms with van der Waals surface area (Å²) in [6, 6.07) is 5.10. The Morgan fingerprint density at radius 2 is 2.15 bits per heavy atom. The number of hydrogen-bond donors (Lipinski definition) is 2. The van der Waals surface area contributed by atoms with Crippen molar-refractivity contribution in [3.63, 3.8) is 0 Å². The Balaban J connectivity index is 2.88. The van der Waals surface area contributed by atoms with Crippen LogP contribution in [0.4, 0.5) is 5.69 Å². The fourth-order valence-electron chi connectivity index (χ4n) is 1.64. The Hall–Kier alpha value is -2.30. The lowest BCUT2D eigenvalue weighted by atomic mass is 10.1. The van der Waals surface area contributed by atoms with E-state index >= 15 is 0 Å². The fourth-order valence-corrected chi connectivity index (χ4v) is 1.64. The van der Waals surface area contributed by atoms with Crippen molar-refractivity contribution in [1.29, 1.82) is 0 Å². The predicted molar refractivity (Wildman–Crippen MR) is 77.8 cm³/mol. The van der Waals surface area contributed by atoms with Gasteiger partial charge < -0.3 is 15.2 Å². The first-order valence-electron chi connectivity index (χ1n) is 6.45. The molecule has 1 aromatic carbocycles. The maximum absolute atomic E-state index is 11.7. The molecule has 0 saturated heterocycles. The van der Waals surface area contributed by atoms with Crippen molar-refractivity contribution in [3.8, 4) is 5.75 Å². The minimum absolute atomic E-state index is 0.0792. The molecule has 0 spiro atoms. The van der Waals surface area contributed by atoms with Crippen molar-refractivity contribution >= 4 is 23.6 Å². The quantitative estimate of drug-likeness (QED) is 0.751. The van der Waals surface area contributed by atoms with Crippen molar-refractivity contribution in [1.82, 2.24) is 0 Å². The first-order valence-corrected chi connectivity index (χ1v) is 6.45. The number of benzene rings is 1. The molecule has 0 fully saturated rings. The van der Waals surface area contributed by atoms with Crippen LogP contribution in [-0.2, 0) is 9.59 Å². The zero-order valence-corrected chi connectivity index (χ0v) is 11.7. The molecule has 0 aliphatic rings. The van der Waals surface area contributed by atoms with E-state index in [1.165, 1.54) is 13.2 Å². The summed E-state index contributed by atoms with van der Waals surface area (Å²) in [6.07, 6.45) is 4.74. The molecule has 0 heterocycles. The van der Waals surface area contributed by atoms with Crippen LogP contribution < -0.4 is 10.1 Å². The molecule has 20 heavy (non-hydrogen) atoms. The Labute approximate surface area is 118 Å². The largest absolute Gasteiger partial charge is 0.495 e. The zero-order valence-electron chi connectivity index (χ0n) is 11.7. The van der Waals surface area contributed by atoms with E-state index in [2.05, 4.69) is 5.32 Å². The van der Waals surface area contributed by atoms with E-state index in [1.54, 1.807) is 18.2 Å². The maximum Gasteiger partial charge on any atom is 0.328 e. The third-order valence-corrected chi connectivity index (χ3v) is 2.67. The number of carboxylic acids is 1. The van der Waals surface area contributed by atoms with E-state index in [0.717, 1.165) is 18.9 Å². The van der Waals surface area contributed by atoms with Gasteiger partial charge in [-0.3, -0.25) is 4.79 Å². The van der Waals surface area contributed by atoms with Gasteiger partial charge in [-0.25, -0.2) is 4.79 Å². The molecule has 1 rings (SSSR count). The number of methoxy groups -OCH3 is 1. The van der Waals surface area contributed by atoms with E-state index in [-0.39, 0.29) is 5.91 Å². The number of hydrogen-bond acceptors (Lipinski definition) is 3. The number of nitrogens with one attached hydrogen (secondary N) is 1. The Kier molecular flexibility index (Phi) is 6.29. The highest BCUT2D eigenvalue weighted by Gasteiger charge is 2.07. The van der Waals surface area contributed by atoms with Crippen LogP contribution in [0, 0.1) is 0 Å². The molecule has 108 valence electrons. The molecule has 2 N–H and O–H groups in total. The topological polar surface area (TPSA) is 75.6 Å². The second-order valence-corrected chi connectivity index (χ2v) is 4.28. The minimum atomic E-state index is -1.02. The average Bonchev–Trinajstić information content (AvgIpc) is 2.43. The molecular weight excluding hydrogens is 258 g/mol. The molecular formula is C15H19NO4. The summed E-state index contributed by atoms with van der Waals surface area (Å²) in [4.78, 5) is 22.2. The van der Waals surface area contributed by atoms with E-state index in [0.29, 0.717) is 23.4 Å². The predicted octanol–water partition coefficient (Wildman–Crippen LogP) is 2.92. The number of anilines is 1. The van der Waals surface area contributed by atoms with Gasteiger partial charge in [-0.1, -0.05) is 19.4 Å². The van der Waals surface area contributed by atoms with Crippen molar-refractivity contribution in [2.75, 3.05) is 12.4 Å². The van der Waals surface area contributed by atoms with E-state index < -0.39 is 5.97 Å². The molecule has 0 atom stereocenters. The normalized spacial score (nSPS) is 10.5. The summed E-state index contributed by atoms with van der Waals surface area (Å²) in [5, 5.41) is 11.4. The summed E-state index contributed by atoms with van der Waals surface area (Å²) < 4.78 is 5.18. The van der Waals surface area contributed by atoms with Crippen LogP contribution in [-0.4, -0.2) is 24.1 Å². The lowest BCUT2D eigenvalue weighted by Gasteiger charge is -2.11. The van der Waals surface area contributed by atoms with Gasteiger partial charge in [0.2, 0.25) is 5.91 Å². The minimum Gasteiger partial charge on any atom is -0.495 e. The van der Waals surface area contributed by atoms with Gasteiger partial charge in [0.05, 0.1) is 12.8 Å². The van der Waals surface area contributed by atoms with Gasteiger partial charge in [0.15, 0.2) is 0 Å². The van der Waals surface area contributed by atoms with Gasteiger partial charge in [-0.05, 0) is 30.2 Å². The van der Waals surface area contributed by atoms with Gasteiger partial charge in [0, 0.05) is 12.5 Å². The first kappa shape index (κ1) is 15.8. The van der Waals surface area contributed by atoms with Crippen molar-refractivity contribution in [3.05, 3.63) is 29.8 Å². The van der Waals surface area contributed by atoms with Crippen molar-refractivity contribution < 1.29 is 19.4 Å². The number of amides is 1. The SMILES string of the molecule is CCCCC(=O)Nc1cc(C=CC(=O)O)ccc1OC. The molecule has 5 heteroatoms. The van der Waals surface area contributed by atoms with Crippen molar-refractivity contribution in [2.45, 2.75) is 26.2 Å². The standard InChI is InChI=1S/C15H19NO4/c1-3-4-5-14(17)16-12-10-11(7-9-15(18)19)6-8-13(12)20-2/h6-10H,3-5H2,1-2H3,(H,16,17)(H,18,19). The molecule has 0 aromatic heterocycles. The number of aliphatic carboxylic acids is 1. The van der Waals surface area contributed by atoms with Crippen LogP contribution in [0.15, 0.2) is 24.3 Å². The molecule has 0 unspecified atom stereocenters. The van der Waals surface area contributed by atoms with E-state index in [4.69, 9.17) is 9.84 Å². The molecule has 0 aliphatic carbocycles. The Bertz CT molecular complexity index is 509. The van der Waals surface area contributed by atoms with Crippen LogP contribution >= 0.6 is 0 Å². The number of unbranched alkanes of at least 4 members (excludes halogenated alkanes) is 1. The number of carbonyl (C=O) groups is 2. The van der Waals surface area contributed by atoms with Crippen LogP contribution in [0.2, 0.25) is 0 Å². The van der Waals surface area contributed by atoms with E-state index in [1.807, 2.05) is 6.92 Å². The third-order valence-electron chi connectivity index (χ3n) is 2.67. The van der Waals surface area contributed by atoms with Gasteiger partial charge in [-0.2, -0.15) is 0 Å². The number of carbonyl (C=O) groups excluding carboxylic acids is 1. The monoisotopic (exact) mass is 277 g/mol. The summed E-state index contributed by atoms with van der Waals surface area (Å²) >= 11 is 0. The highest BCUT2D eigenvalue weighted by Crippen LogP contribution is 2.26. The highest BCUT2D eigenvalue weighted by atomic mass is 16.5. The summed E-state index contributed by atoms with van der Waals surface area (Å²) in [6.45, 7) is 2.02. The fraction of sp³-hybridized carbons (Fsp3) is 0.333. The van der Waals surface area contributed by atoms with Crippen LogP contribution in [0.5, 0.6) is 5.75 Å². The maximum atomic E-state index is 11.7. The molecule has 0 bridgehead atoms. The zero-order chi connectivity index (χ0) is 15.0. The molecule has 1 amide bonds. The summed E-state index contributed by atoms with van der Waals surface area (Å²) in [5.74, 6) is -0.554. The second kappa shape index (κ2) is 7.99. The average molecular weight is 277 g/mol. The summed E-state index contributed by atoms with van der Waals surface area (Å²) in [7, 11) is 1.52. The molecule has 5 nitrogen and oxygen atoms in total. The lowest BCUT2D eigenvalue weighted by Crippen LogP contribution is -2.11. The molecule has 0 aliphatic heterocycles. The van der Waals surface area contributed by atoms with E-state index in [9.17, 15) is 9.59 Å². The number of ether oxygens (including phenoxy) is 1. The first-order chi connectivity index (χ1) is 9.56. The van der Waals surface area contributed by atoms with Crippen molar-refractivity contribution in [2.24, 2.45) is 0 Å².